The van der Waals surface area contributed by atoms with E-state index in [0.29, 0.717) is 5.56 Å². The molecule has 0 atom stereocenters. The second-order valence-electron chi connectivity index (χ2n) is 7.73. The van der Waals surface area contributed by atoms with Gasteiger partial charge >= 0.3 is 0 Å². The molecule has 0 spiro atoms. The monoisotopic (exact) mass is 445 g/mol. The van der Waals surface area contributed by atoms with E-state index in [0.717, 1.165) is 52.7 Å². The standard InChI is InChI=1S/C26H27N3O2S/c1-19-23(26(31)29-14-16-32-17-15-29)8-5-9-24(19)27-18-25(30)28-22-12-10-21(11-13-22)20-6-3-2-4-7-20/h2-13,27H,14-18H2,1H3,(H,28,30). The van der Waals surface area contributed by atoms with E-state index in [1.54, 1.807) is 0 Å². The van der Waals surface area contributed by atoms with Gasteiger partial charge < -0.3 is 15.5 Å². The van der Waals surface area contributed by atoms with E-state index >= 15 is 0 Å². The summed E-state index contributed by atoms with van der Waals surface area (Å²) in [6, 6.07) is 23.5. The van der Waals surface area contributed by atoms with Gasteiger partial charge in [0.1, 0.15) is 0 Å². The Morgan fingerprint density at radius 1 is 0.875 bits per heavy atom. The van der Waals surface area contributed by atoms with E-state index in [1.807, 2.05) is 84.2 Å². The molecule has 32 heavy (non-hydrogen) atoms. The minimum absolute atomic E-state index is 0.0643. The minimum Gasteiger partial charge on any atom is -0.376 e. The largest absolute Gasteiger partial charge is 0.376 e. The zero-order chi connectivity index (χ0) is 22.3. The van der Waals surface area contributed by atoms with Gasteiger partial charge in [0.2, 0.25) is 5.91 Å². The summed E-state index contributed by atoms with van der Waals surface area (Å²) in [6.45, 7) is 3.62. The summed E-state index contributed by atoms with van der Waals surface area (Å²) in [5, 5.41) is 6.10. The summed E-state index contributed by atoms with van der Waals surface area (Å²) in [4.78, 5) is 27.3. The second kappa shape index (κ2) is 10.4. The molecule has 2 amide bonds. The van der Waals surface area contributed by atoms with Crippen LogP contribution in [0.1, 0.15) is 15.9 Å². The van der Waals surface area contributed by atoms with Gasteiger partial charge in [0, 0.05) is 41.5 Å². The van der Waals surface area contributed by atoms with Crippen molar-refractivity contribution in [2.75, 3.05) is 41.8 Å². The number of thioether (sulfide) groups is 1. The topological polar surface area (TPSA) is 61.4 Å². The Bertz CT molecular complexity index is 1080. The molecule has 6 heteroatoms. The van der Waals surface area contributed by atoms with E-state index < -0.39 is 0 Å². The van der Waals surface area contributed by atoms with Crippen LogP contribution in [0.3, 0.4) is 0 Å². The smallest absolute Gasteiger partial charge is 0.254 e. The molecule has 0 bridgehead atoms. The number of carbonyl (C=O) groups excluding carboxylic acids is 2. The van der Waals surface area contributed by atoms with Gasteiger partial charge in [-0.3, -0.25) is 9.59 Å². The van der Waals surface area contributed by atoms with Crippen LogP contribution in [0.15, 0.2) is 72.8 Å². The van der Waals surface area contributed by atoms with Crippen molar-refractivity contribution < 1.29 is 9.59 Å². The maximum absolute atomic E-state index is 12.9. The third-order valence-electron chi connectivity index (χ3n) is 5.58. The Hall–Kier alpha value is -3.25. The molecule has 1 aliphatic rings. The molecule has 164 valence electrons. The average Bonchev–Trinajstić information content (AvgIpc) is 2.84. The number of rotatable bonds is 6. The van der Waals surface area contributed by atoms with Gasteiger partial charge in [-0.1, -0.05) is 48.5 Å². The molecule has 2 N–H and O–H groups in total. The summed E-state index contributed by atoms with van der Waals surface area (Å²) in [7, 11) is 0. The van der Waals surface area contributed by atoms with Gasteiger partial charge in [-0.2, -0.15) is 11.8 Å². The normalized spacial score (nSPS) is 13.5. The third kappa shape index (κ3) is 5.32. The SMILES string of the molecule is Cc1c(NCC(=O)Nc2ccc(-c3ccccc3)cc2)cccc1C(=O)N1CCSCC1. The third-order valence-corrected chi connectivity index (χ3v) is 6.52. The highest BCUT2D eigenvalue weighted by Gasteiger charge is 2.20. The van der Waals surface area contributed by atoms with Crippen molar-refractivity contribution in [3.63, 3.8) is 0 Å². The Balaban J connectivity index is 1.35. The summed E-state index contributed by atoms with van der Waals surface area (Å²) < 4.78 is 0. The molecule has 4 rings (SSSR count). The zero-order valence-corrected chi connectivity index (χ0v) is 19.0. The maximum Gasteiger partial charge on any atom is 0.254 e. The van der Waals surface area contributed by atoms with Crippen molar-refractivity contribution in [1.82, 2.24) is 4.90 Å². The predicted molar refractivity (Wildman–Crippen MR) is 133 cm³/mol. The van der Waals surface area contributed by atoms with Crippen LogP contribution in [-0.4, -0.2) is 47.9 Å². The van der Waals surface area contributed by atoms with Crippen LogP contribution in [0, 0.1) is 6.92 Å². The van der Waals surface area contributed by atoms with Crippen molar-refractivity contribution in [3.05, 3.63) is 83.9 Å². The highest BCUT2D eigenvalue weighted by atomic mass is 32.2. The quantitative estimate of drug-likeness (QED) is 0.566. The van der Waals surface area contributed by atoms with Crippen LogP contribution in [0.4, 0.5) is 11.4 Å². The second-order valence-corrected chi connectivity index (χ2v) is 8.95. The number of nitrogens with one attached hydrogen (secondary N) is 2. The summed E-state index contributed by atoms with van der Waals surface area (Å²) >= 11 is 1.88. The molecule has 0 saturated carbocycles. The highest BCUT2D eigenvalue weighted by molar-refractivity contribution is 7.99. The van der Waals surface area contributed by atoms with Gasteiger partial charge in [-0.15, -0.1) is 0 Å². The molecule has 3 aromatic rings. The maximum atomic E-state index is 12.9. The molecule has 1 aliphatic heterocycles. The lowest BCUT2D eigenvalue weighted by atomic mass is 10.1. The summed E-state index contributed by atoms with van der Waals surface area (Å²) in [5.74, 6) is 1.89. The molecule has 5 nitrogen and oxygen atoms in total. The molecule has 0 unspecified atom stereocenters. The van der Waals surface area contributed by atoms with E-state index in [4.69, 9.17) is 0 Å². The van der Waals surface area contributed by atoms with Crippen molar-refractivity contribution in [2.45, 2.75) is 6.92 Å². The number of nitrogens with zero attached hydrogens (tertiary/aromatic N) is 1. The van der Waals surface area contributed by atoms with Crippen molar-refractivity contribution in [1.29, 1.82) is 0 Å². The number of benzene rings is 3. The van der Waals surface area contributed by atoms with Crippen LogP contribution >= 0.6 is 11.8 Å². The fraction of sp³-hybridized carbons (Fsp3) is 0.231. The first-order valence-corrected chi connectivity index (χ1v) is 11.9. The minimum atomic E-state index is -0.137. The predicted octanol–water partition coefficient (Wildman–Crippen LogP) is 4.90. The van der Waals surface area contributed by atoms with Crippen molar-refractivity contribution in [3.8, 4) is 11.1 Å². The Labute approximate surface area is 193 Å². The van der Waals surface area contributed by atoms with E-state index in [9.17, 15) is 9.59 Å². The van der Waals surface area contributed by atoms with Crippen LogP contribution in [0.5, 0.6) is 0 Å². The van der Waals surface area contributed by atoms with Gasteiger partial charge in [0.25, 0.3) is 5.91 Å². The molecule has 1 heterocycles. The first kappa shape index (κ1) is 22.0. The summed E-state index contributed by atoms with van der Waals surface area (Å²) in [5.41, 5.74) is 5.36. The van der Waals surface area contributed by atoms with Gasteiger partial charge in [0.15, 0.2) is 0 Å². The van der Waals surface area contributed by atoms with Crippen LogP contribution < -0.4 is 10.6 Å². The molecular formula is C26H27N3O2S. The van der Waals surface area contributed by atoms with E-state index in [2.05, 4.69) is 22.8 Å². The molecule has 0 aliphatic carbocycles. The lowest BCUT2D eigenvalue weighted by molar-refractivity contribution is -0.114. The first-order valence-electron chi connectivity index (χ1n) is 10.8. The lowest BCUT2D eigenvalue weighted by Gasteiger charge is -2.27. The van der Waals surface area contributed by atoms with Crippen molar-refractivity contribution in [2.24, 2.45) is 0 Å². The fourth-order valence-corrected chi connectivity index (χ4v) is 4.66. The Kier molecular flexibility index (Phi) is 7.12. The number of anilines is 2. The highest BCUT2D eigenvalue weighted by Crippen LogP contribution is 2.23. The number of carbonyl (C=O) groups is 2. The van der Waals surface area contributed by atoms with Crippen LogP contribution in [-0.2, 0) is 4.79 Å². The number of hydrogen-bond donors (Lipinski definition) is 2. The van der Waals surface area contributed by atoms with Crippen LogP contribution in [0.2, 0.25) is 0 Å². The molecule has 1 saturated heterocycles. The van der Waals surface area contributed by atoms with Gasteiger partial charge in [-0.25, -0.2) is 0 Å². The Morgan fingerprint density at radius 3 is 2.28 bits per heavy atom. The molecule has 0 aromatic heterocycles. The van der Waals surface area contributed by atoms with E-state index in [1.165, 1.54) is 0 Å². The van der Waals surface area contributed by atoms with E-state index in [-0.39, 0.29) is 18.4 Å². The summed E-state index contributed by atoms with van der Waals surface area (Å²) in [6.07, 6.45) is 0. The number of amides is 2. The first-order chi connectivity index (χ1) is 15.6. The van der Waals surface area contributed by atoms with Gasteiger partial charge in [-0.05, 0) is 47.9 Å². The lowest BCUT2D eigenvalue weighted by Crippen LogP contribution is -2.38. The number of hydrogen-bond acceptors (Lipinski definition) is 4. The Morgan fingerprint density at radius 2 is 1.56 bits per heavy atom. The van der Waals surface area contributed by atoms with Crippen LogP contribution in [0.25, 0.3) is 11.1 Å². The fourth-order valence-electron chi connectivity index (χ4n) is 3.75. The molecule has 3 aromatic carbocycles. The molecule has 0 radical (unpaired) electrons. The molecule has 1 fully saturated rings. The van der Waals surface area contributed by atoms with Crippen molar-refractivity contribution >= 4 is 35.0 Å². The molecular weight excluding hydrogens is 418 g/mol. The zero-order valence-electron chi connectivity index (χ0n) is 18.1. The average molecular weight is 446 g/mol. The van der Waals surface area contributed by atoms with Gasteiger partial charge in [0.05, 0.1) is 6.54 Å².